The van der Waals surface area contributed by atoms with E-state index in [1.54, 1.807) is 19.1 Å². The van der Waals surface area contributed by atoms with Gasteiger partial charge < -0.3 is 5.11 Å². The lowest BCUT2D eigenvalue weighted by molar-refractivity contribution is 0.101. The lowest BCUT2D eigenvalue weighted by Gasteiger charge is -2.06. The maximum absolute atomic E-state index is 11.3. The summed E-state index contributed by atoms with van der Waals surface area (Å²) in [5.41, 5.74) is 1.59. The van der Waals surface area contributed by atoms with Crippen molar-refractivity contribution in [2.24, 2.45) is 0 Å². The number of aromatic hydroxyl groups is 1. The summed E-state index contributed by atoms with van der Waals surface area (Å²) < 4.78 is 0. The summed E-state index contributed by atoms with van der Waals surface area (Å²) in [6.07, 6.45) is 9.68. The predicted octanol–water partition coefficient (Wildman–Crippen LogP) is 4.89. The maximum Gasteiger partial charge on any atom is 0.159 e. The van der Waals surface area contributed by atoms with Gasteiger partial charge in [-0.05, 0) is 43.5 Å². The van der Waals surface area contributed by atoms with Crippen LogP contribution >= 0.6 is 0 Å². The van der Waals surface area contributed by atoms with Crippen LogP contribution in [0.3, 0.4) is 0 Å². The fourth-order valence-electron chi connectivity index (χ4n) is 2.28. The van der Waals surface area contributed by atoms with E-state index in [2.05, 4.69) is 6.92 Å². The molecule has 1 aromatic rings. The van der Waals surface area contributed by atoms with E-state index >= 15 is 0 Å². The fourth-order valence-corrected chi connectivity index (χ4v) is 2.28. The zero-order chi connectivity index (χ0) is 14.1. The molecule has 0 aliphatic rings. The van der Waals surface area contributed by atoms with Gasteiger partial charge in [-0.3, -0.25) is 4.79 Å². The topological polar surface area (TPSA) is 37.3 Å². The fraction of sp³-hybridized carbons (Fsp3) is 0.588. The highest BCUT2D eigenvalue weighted by atomic mass is 16.3. The first-order valence-electron chi connectivity index (χ1n) is 7.48. The third kappa shape index (κ3) is 5.91. The number of carbonyl (C=O) groups is 1. The quantitative estimate of drug-likeness (QED) is 0.508. The zero-order valence-corrected chi connectivity index (χ0v) is 12.2. The van der Waals surface area contributed by atoms with Crippen LogP contribution in [-0.2, 0) is 6.42 Å². The molecule has 2 nitrogen and oxygen atoms in total. The Bertz CT molecular complexity index is 396. The number of phenols is 1. The smallest absolute Gasteiger partial charge is 0.159 e. The summed E-state index contributed by atoms with van der Waals surface area (Å²) in [5, 5.41) is 9.78. The number of carbonyl (C=O) groups excluding carboxylic acids is 1. The van der Waals surface area contributed by atoms with Crippen LogP contribution in [0.2, 0.25) is 0 Å². The number of hydrogen-bond donors (Lipinski definition) is 1. The van der Waals surface area contributed by atoms with E-state index < -0.39 is 0 Å². The normalized spacial score (nSPS) is 10.6. The highest BCUT2D eigenvalue weighted by Crippen LogP contribution is 2.21. The van der Waals surface area contributed by atoms with Gasteiger partial charge >= 0.3 is 0 Å². The number of phenolic OH excluding ortho intramolecular Hbond substituents is 1. The predicted molar refractivity (Wildman–Crippen MR) is 79.8 cm³/mol. The van der Waals surface area contributed by atoms with Crippen molar-refractivity contribution in [3.05, 3.63) is 29.3 Å². The average Bonchev–Trinajstić information content (AvgIpc) is 2.39. The first-order chi connectivity index (χ1) is 9.15. The van der Waals surface area contributed by atoms with Crippen molar-refractivity contribution in [2.75, 3.05) is 0 Å². The summed E-state index contributed by atoms with van der Waals surface area (Å²) >= 11 is 0. The summed E-state index contributed by atoms with van der Waals surface area (Å²) in [5.74, 6) is 0.372. The molecule has 2 heteroatoms. The van der Waals surface area contributed by atoms with Gasteiger partial charge in [0, 0.05) is 5.56 Å². The first-order valence-corrected chi connectivity index (χ1v) is 7.48. The molecular formula is C17H26O2. The largest absolute Gasteiger partial charge is 0.508 e. The lowest BCUT2D eigenvalue weighted by Crippen LogP contribution is -1.95. The number of aryl methyl sites for hydroxylation is 1. The first kappa shape index (κ1) is 15.7. The Morgan fingerprint density at radius 1 is 1.05 bits per heavy atom. The van der Waals surface area contributed by atoms with E-state index in [1.807, 2.05) is 6.07 Å². The van der Waals surface area contributed by atoms with Gasteiger partial charge in [0.1, 0.15) is 5.75 Å². The molecule has 0 radical (unpaired) electrons. The van der Waals surface area contributed by atoms with Crippen molar-refractivity contribution in [1.82, 2.24) is 0 Å². The Labute approximate surface area is 116 Å². The van der Waals surface area contributed by atoms with Crippen LogP contribution in [0.25, 0.3) is 0 Å². The molecule has 19 heavy (non-hydrogen) atoms. The third-order valence-electron chi connectivity index (χ3n) is 3.54. The van der Waals surface area contributed by atoms with Crippen molar-refractivity contribution < 1.29 is 9.90 Å². The Hall–Kier alpha value is -1.31. The summed E-state index contributed by atoms with van der Waals surface area (Å²) in [7, 11) is 0. The van der Waals surface area contributed by atoms with Crippen LogP contribution < -0.4 is 0 Å². The molecule has 0 bridgehead atoms. The van der Waals surface area contributed by atoms with Gasteiger partial charge in [0.05, 0.1) is 0 Å². The third-order valence-corrected chi connectivity index (χ3v) is 3.54. The Morgan fingerprint density at radius 2 is 1.68 bits per heavy atom. The molecule has 0 aliphatic carbocycles. The maximum atomic E-state index is 11.3. The van der Waals surface area contributed by atoms with Crippen LogP contribution in [0.15, 0.2) is 18.2 Å². The van der Waals surface area contributed by atoms with Gasteiger partial charge in [0.15, 0.2) is 5.78 Å². The minimum absolute atomic E-state index is 0.0563. The Balaban J connectivity index is 2.32. The lowest BCUT2D eigenvalue weighted by atomic mass is 10.0. The number of Topliss-reactive ketones (excluding diaryl/α,β-unsaturated/α-hetero) is 1. The van der Waals surface area contributed by atoms with E-state index in [-0.39, 0.29) is 5.78 Å². The van der Waals surface area contributed by atoms with E-state index in [1.165, 1.54) is 38.5 Å². The number of rotatable bonds is 9. The van der Waals surface area contributed by atoms with Crippen LogP contribution in [0.5, 0.6) is 5.75 Å². The van der Waals surface area contributed by atoms with E-state index in [0.29, 0.717) is 11.3 Å². The van der Waals surface area contributed by atoms with Crippen molar-refractivity contribution >= 4 is 5.78 Å². The second kappa shape index (κ2) is 8.73. The van der Waals surface area contributed by atoms with E-state index in [4.69, 9.17) is 0 Å². The number of hydrogen-bond acceptors (Lipinski definition) is 2. The second-order valence-corrected chi connectivity index (χ2v) is 5.27. The average molecular weight is 262 g/mol. The molecule has 0 spiro atoms. The van der Waals surface area contributed by atoms with Crippen molar-refractivity contribution in [3.63, 3.8) is 0 Å². The van der Waals surface area contributed by atoms with Gasteiger partial charge in [0.2, 0.25) is 0 Å². The summed E-state index contributed by atoms with van der Waals surface area (Å²) in [4.78, 5) is 11.3. The van der Waals surface area contributed by atoms with Gasteiger partial charge in [-0.15, -0.1) is 0 Å². The van der Waals surface area contributed by atoms with Crippen LogP contribution in [0, 0.1) is 0 Å². The number of ketones is 1. The molecule has 0 aromatic heterocycles. The van der Waals surface area contributed by atoms with Gasteiger partial charge in [-0.2, -0.15) is 0 Å². The molecule has 0 unspecified atom stereocenters. The second-order valence-electron chi connectivity index (χ2n) is 5.27. The number of benzene rings is 1. The zero-order valence-electron chi connectivity index (χ0n) is 12.2. The molecular weight excluding hydrogens is 236 g/mol. The van der Waals surface area contributed by atoms with Crippen molar-refractivity contribution in [3.8, 4) is 5.75 Å². The Morgan fingerprint density at radius 3 is 2.32 bits per heavy atom. The van der Waals surface area contributed by atoms with Gasteiger partial charge in [-0.25, -0.2) is 0 Å². The molecule has 1 N–H and O–H groups in total. The van der Waals surface area contributed by atoms with E-state index in [0.717, 1.165) is 18.4 Å². The van der Waals surface area contributed by atoms with Crippen molar-refractivity contribution in [1.29, 1.82) is 0 Å². The minimum Gasteiger partial charge on any atom is -0.508 e. The van der Waals surface area contributed by atoms with Crippen LogP contribution in [0.1, 0.15) is 74.7 Å². The van der Waals surface area contributed by atoms with Gasteiger partial charge in [-0.1, -0.05) is 45.4 Å². The summed E-state index contributed by atoms with van der Waals surface area (Å²) in [6, 6.07) is 5.15. The minimum atomic E-state index is 0.0563. The number of unbranched alkanes of at least 4 members (excludes halogenated alkanes) is 6. The molecule has 1 rings (SSSR count). The molecule has 0 atom stereocenters. The van der Waals surface area contributed by atoms with Crippen molar-refractivity contribution in [2.45, 2.75) is 65.2 Å². The van der Waals surface area contributed by atoms with Gasteiger partial charge in [0.25, 0.3) is 0 Å². The standard InChI is InChI=1S/C17H26O2/c1-3-4-5-6-7-8-9-10-16-13-15(14(2)18)11-12-17(16)19/h11-13,19H,3-10H2,1-2H3. The molecule has 0 aliphatic heterocycles. The summed E-state index contributed by atoms with van der Waals surface area (Å²) in [6.45, 7) is 3.79. The monoisotopic (exact) mass is 262 g/mol. The molecule has 0 heterocycles. The highest BCUT2D eigenvalue weighted by molar-refractivity contribution is 5.94. The molecule has 0 saturated carbocycles. The molecule has 0 fully saturated rings. The SMILES string of the molecule is CCCCCCCCCc1cc(C(C)=O)ccc1O. The van der Waals surface area contributed by atoms with E-state index in [9.17, 15) is 9.90 Å². The molecule has 1 aromatic carbocycles. The van der Waals surface area contributed by atoms with Crippen LogP contribution in [-0.4, -0.2) is 10.9 Å². The Kier molecular flexibility index (Phi) is 7.24. The highest BCUT2D eigenvalue weighted by Gasteiger charge is 2.05. The molecule has 106 valence electrons. The van der Waals surface area contributed by atoms with Crippen LogP contribution in [0.4, 0.5) is 0 Å². The molecule has 0 amide bonds. The molecule has 0 saturated heterocycles.